The Morgan fingerprint density at radius 1 is 1.27 bits per heavy atom. The number of benzene rings is 1. The zero-order valence-corrected chi connectivity index (χ0v) is 9.62. The summed E-state index contributed by atoms with van der Waals surface area (Å²) in [5.41, 5.74) is 2.58. The van der Waals surface area contributed by atoms with Crippen molar-refractivity contribution in [2.75, 3.05) is 0 Å². The van der Waals surface area contributed by atoms with E-state index in [0.717, 1.165) is 6.42 Å². The standard InChI is InChI=1S/C13H18N2/c1-4-12-5-7-13(8-6-12)11(3)15-10(2)9-14/h5-8,10-11,15H,4H2,1-3H3. The van der Waals surface area contributed by atoms with Crippen LogP contribution in [0.3, 0.4) is 0 Å². The van der Waals surface area contributed by atoms with Crippen LogP contribution in [0.25, 0.3) is 0 Å². The Kier molecular flexibility index (Phi) is 4.33. The van der Waals surface area contributed by atoms with Crippen LogP contribution >= 0.6 is 0 Å². The van der Waals surface area contributed by atoms with Crippen LogP contribution in [0.2, 0.25) is 0 Å². The van der Waals surface area contributed by atoms with Gasteiger partial charge in [-0.1, -0.05) is 31.2 Å². The van der Waals surface area contributed by atoms with Crippen LogP contribution in [0.4, 0.5) is 0 Å². The molecule has 0 saturated carbocycles. The lowest BCUT2D eigenvalue weighted by atomic mass is 10.0. The Balaban J connectivity index is 2.66. The Morgan fingerprint density at radius 2 is 1.87 bits per heavy atom. The number of nitrogens with one attached hydrogen (secondary N) is 1. The van der Waals surface area contributed by atoms with Crippen LogP contribution in [-0.4, -0.2) is 6.04 Å². The molecule has 2 unspecified atom stereocenters. The van der Waals surface area contributed by atoms with Gasteiger partial charge < -0.3 is 0 Å². The zero-order valence-electron chi connectivity index (χ0n) is 9.62. The van der Waals surface area contributed by atoms with E-state index >= 15 is 0 Å². The van der Waals surface area contributed by atoms with Gasteiger partial charge in [-0.3, -0.25) is 5.32 Å². The minimum atomic E-state index is -0.106. The van der Waals surface area contributed by atoms with E-state index in [0.29, 0.717) is 0 Å². The fourth-order valence-corrected chi connectivity index (χ4v) is 1.55. The summed E-state index contributed by atoms with van der Waals surface area (Å²) in [5.74, 6) is 0. The average Bonchev–Trinajstić information content (AvgIpc) is 2.29. The van der Waals surface area contributed by atoms with Gasteiger partial charge in [0.15, 0.2) is 0 Å². The Bertz CT molecular complexity index is 335. The van der Waals surface area contributed by atoms with E-state index in [2.05, 4.69) is 49.5 Å². The van der Waals surface area contributed by atoms with E-state index in [-0.39, 0.29) is 12.1 Å². The van der Waals surface area contributed by atoms with Gasteiger partial charge in [-0.15, -0.1) is 0 Å². The monoisotopic (exact) mass is 202 g/mol. The molecule has 2 nitrogen and oxygen atoms in total. The molecule has 0 heterocycles. The Labute approximate surface area is 91.9 Å². The average molecular weight is 202 g/mol. The molecule has 2 heteroatoms. The van der Waals surface area contributed by atoms with Crippen molar-refractivity contribution in [3.8, 4) is 6.07 Å². The van der Waals surface area contributed by atoms with E-state index in [4.69, 9.17) is 5.26 Å². The van der Waals surface area contributed by atoms with Gasteiger partial charge in [-0.05, 0) is 31.4 Å². The molecule has 0 saturated heterocycles. The summed E-state index contributed by atoms with van der Waals surface area (Å²) in [7, 11) is 0. The number of hydrogen-bond donors (Lipinski definition) is 1. The molecule has 0 aliphatic rings. The van der Waals surface area contributed by atoms with Crippen molar-refractivity contribution >= 4 is 0 Å². The van der Waals surface area contributed by atoms with Crippen LogP contribution in [0.1, 0.15) is 37.9 Å². The predicted octanol–water partition coefficient (Wildman–Crippen LogP) is 2.81. The lowest BCUT2D eigenvalue weighted by Crippen LogP contribution is -2.27. The molecule has 1 aromatic rings. The number of nitriles is 1. The van der Waals surface area contributed by atoms with Crippen LogP contribution in [-0.2, 0) is 6.42 Å². The van der Waals surface area contributed by atoms with Crippen molar-refractivity contribution in [1.29, 1.82) is 5.26 Å². The van der Waals surface area contributed by atoms with E-state index in [1.807, 2.05) is 6.92 Å². The summed E-state index contributed by atoms with van der Waals surface area (Å²) < 4.78 is 0. The highest BCUT2D eigenvalue weighted by Gasteiger charge is 2.07. The van der Waals surface area contributed by atoms with Gasteiger partial charge in [-0.2, -0.15) is 5.26 Å². The number of rotatable bonds is 4. The highest BCUT2D eigenvalue weighted by molar-refractivity contribution is 5.24. The van der Waals surface area contributed by atoms with Gasteiger partial charge in [0.25, 0.3) is 0 Å². The molecule has 15 heavy (non-hydrogen) atoms. The predicted molar refractivity (Wildman–Crippen MR) is 62.4 cm³/mol. The molecule has 1 rings (SSSR count). The highest BCUT2D eigenvalue weighted by Crippen LogP contribution is 2.14. The maximum Gasteiger partial charge on any atom is 0.0929 e. The molecular weight excluding hydrogens is 184 g/mol. The first-order valence-corrected chi connectivity index (χ1v) is 5.42. The summed E-state index contributed by atoms with van der Waals surface area (Å²) >= 11 is 0. The van der Waals surface area contributed by atoms with E-state index in [1.54, 1.807) is 0 Å². The first-order chi connectivity index (χ1) is 7.17. The quantitative estimate of drug-likeness (QED) is 0.815. The molecule has 1 aromatic carbocycles. The topological polar surface area (TPSA) is 35.8 Å². The van der Waals surface area contributed by atoms with Crippen LogP contribution in [0.5, 0.6) is 0 Å². The Hall–Kier alpha value is -1.33. The summed E-state index contributed by atoms with van der Waals surface area (Å²) in [5, 5.41) is 11.9. The number of aryl methyl sites for hydroxylation is 1. The molecule has 1 N–H and O–H groups in total. The molecular formula is C13H18N2. The minimum absolute atomic E-state index is 0.106. The van der Waals surface area contributed by atoms with Crippen LogP contribution in [0, 0.1) is 11.3 Å². The minimum Gasteiger partial charge on any atom is -0.296 e. The summed E-state index contributed by atoms with van der Waals surface area (Å²) in [6.07, 6.45) is 1.07. The molecule has 0 spiro atoms. The van der Waals surface area contributed by atoms with E-state index < -0.39 is 0 Å². The summed E-state index contributed by atoms with van der Waals surface area (Å²) in [6, 6.07) is 10.8. The first-order valence-electron chi connectivity index (χ1n) is 5.42. The van der Waals surface area contributed by atoms with Gasteiger partial charge in [0.2, 0.25) is 0 Å². The van der Waals surface area contributed by atoms with Crippen molar-refractivity contribution in [2.24, 2.45) is 0 Å². The van der Waals surface area contributed by atoms with Gasteiger partial charge in [-0.25, -0.2) is 0 Å². The molecule has 2 atom stereocenters. The van der Waals surface area contributed by atoms with Crippen LogP contribution < -0.4 is 5.32 Å². The molecule has 0 aromatic heterocycles. The molecule has 0 fully saturated rings. The fraction of sp³-hybridized carbons (Fsp3) is 0.462. The molecule has 0 radical (unpaired) electrons. The SMILES string of the molecule is CCc1ccc(C(C)NC(C)C#N)cc1. The van der Waals surface area contributed by atoms with Crippen molar-refractivity contribution in [2.45, 2.75) is 39.3 Å². The lowest BCUT2D eigenvalue weighted by molar-refractivity contribution is 0.543. The molecule has 0 aliphatic carbocycles. The lowest BCUT2D eigenvalue weighted by Gasteiger charge is -2.15. The van der Waals surface area contributed by atoms with Gasteiger partial charge >= 0.3 is 0 Å². The highest BCUT2D eigenvalue weighted by atomic mass is 14.9. The summed E-state index contributed by atoms with van der Waals surface area (Å²) in [4.78, 5) is 0. The molecule has 0 bridgehead atoms. The first kappa shape index (κ1) is 11.7. The van der Waals surface area contributed by atoms with Gasteiger partial charge in [0.05, 0.1) is 12.1 Å². The molecule has 0 aliphatic heterocycles. The summed E-state index contributed by atoms with van der Waals surface area (Å²) in [6.45, 7) is 6.10. The third-order valence-corrected chi connectivity index (χ3v) is 2.58. The number of nitrogens with zero attached hydrogens (tertiary/aromatic N) is 1. The fourth-order valence-electron chi connectivity index (χ4n) is 1.55. The van der Waals surface area contributed by atoms with Gasteiger partial charge in [0, 0.05) is 6.04 Å². The van der Waals surface area contributed by atoms with Crippen LogP contribution in [0.15, 0.2) is 24.3 Å². The van der Waals surface area contributed by atoms with Crippen molar-refractivity contribution in [1.82, 2.24) is 5.32 Å². The third kappa shape index (κ3) is 3.38. The Morgan fingerprint density at radius 3 is 2.33 bits per heavy atom. The largest absolute Gasteiger partial charge is 0.296 e. The van der Waals surface area contributed by atoms with Crippen molar-refractivity contribution < 1.29 is 0 Å². The third-order valence-electron chi connectivity index (χ3n) is 2.58. The molecule has 80 valence electrons. The van der Waals surface area contributed by atoms with Crippen molar-refractivity contribution in [3.63, 3.8) is 0 Å². The maximum absolute atomic E-state index is 8.70. The van der Waals surface area contributed by atoms with Gasteiger partial charge in [0.1, 0.15) is 0 Å². The maximum atomic E-state index is 8.70. The zero-order chi connectivity index (χ0) is 11.3. The smallest absolute Gasteiger partial charge is 0.0929 e. The van der Waals surface area contributed by atoms with E-state index in [9.17, 15) is 0 Å². The van der Waals surface area contributed by atoms with Crippen molar-refractivity contribution in [3.05, 3.63) is 35.4 Å². The second-order valence-corrected chi connectivity index (χ2v) is 3.83. The normalized spacial score (nSPS) is 14.3. The second-order valence-electron chi connectivity index (χ2n) is 3.83. The molecule has 0 amide bonds. The van der Waals surface area contributed by atoms with E-state index in [1.165, 1.54) is 11.1 Å². The second kappa shape index (κ2) is 5.53. The number of hydrogen-bond acceptors (Lipinski definition) is 2.